The highest BCUT2D eigenvalue weighted by Crippen LogP contribution is 2.29. The Hall–Kier alpha value is -1.33. The average Bonchev–Trinajstić information content (AvgIpc) is 2.53. The molecule has 0 saturated carbocycles. The third kappa shape index (κ3) is 8.20. The predicted octanol–water partition coefficient (Wildman–Crippen LogP) is 5.93. The number of para-hydroxylation sites is 1. The number of hydrogen-bond acceptors (Lipinski definition) is 4. The first kappa shape index (κ1) is 18.7. The number of benzene rings is 1. The van der Waals surface area contributed by atoms with Crippen molar-refractivity contribution in [3.63, 3.8) is 0 Å². The van der Waals surface area contributed by atoms with Gasteiger partial charge in [-0.1, -0.05) is 50.3 Å². The number of unbranched alkanes of at least 4 members (excludes halogenated alkanes) is 7. The van der Waals surface area contributed by atoms with Gasteiger partial charge in [0, 0.05) is 18.1 Å². The molecule has 1 aromatic carbocycles. The average molecular weight is 323 g/mol. The van der Waals surface area contributed by atoms with Gasteiger partial charge in [-0.3, -0.25) is 10.1 Å². The molecular formula is C17H25NO3S. The van der Waals surface area contributed by atoms with Crippen molar-refractivity contribution < 1.29 is 9.11 Å². The summed E-state index contributed by atoms with van der Waals surface area (Å²) in [5.41, 5.74) is 0.104. The van der Waals surface area contributed by atoms with Crippen molar-refractivity contribution in [2.45, 2.75) is 56.3 Å². The predicted molar refractivity (Wildman–Crippen MR) is 92.0 cm³/mol. The molecule has 0 amide bonds. The van der Waals surface area contributed by atoms with Crippen molar-refractivity contribution in [3.8, 4) is 0 Å². The Balaban J connectivity index is 2.02. The fraction of sp³-hybridized carbons (Fsp3) is 0.529. The van der Waals surface area contributed by atoms with Crippen molar-refractivity contribution in [3.05, 3.63) is 47.0 Å². The zero-order chi connectivity index (χ0) is 16.0. The van der Waals surface area contributed by atoms with Crippen molar-refractivity contribution in [2.75, 3.05) is 6.61 Å². The number of rotatable bonds is 13. The van der Waals surface area contributed by atoms with Crippen LogP contribution >= 0.6 is 12.0 Å². The molecule has 0 N–H and O–H groups in total. The van der Waals surface area contributed by atoms with Crippen molar-refractivity contribution in [1.29, 1.82) is 0 Å². The maximum Gasteiger partial charge on any atom is 0.285 e. The maximum absolute atomic E-state index is 10.9. The summed E-state index contributed by atoms with van der Waals surface area (Å²) in [6.07, 6.45) is 11.6. The van der Waals surface area contributed by atoms with Crippen LogP contribution < -0.4 is 0 Å². The van der Waals surface area contributed by atoms with Crippen molar-refractivity contribution in [1.82, 2.24) is 0 Å². The van der Waals surface area contributed by atoms with E-state index in [-0.39, 0.29) is 10.6 Å². The first-order valence-electron chi connectivity index (χ1n) is 7.89. The topological polar surface area (TPSA) is 52.4 Å². The van der Waals surface area contributed by atoms with Crippen LogP contribution in [0, 0.1) is 10.1 Å². The Morgan fingerprint density at radius 1 is 1.09 bits per heavy atom. The highest BCUT2D eigenvalue weighted by atomic mass is 32.2. The highest BCUT2D eigenvalue weighted by Gasteiger charge is 2.12. The quantitative estimate of drug-likeness (QED) is 0.148. The van der Waals surface area contributed by atoms with Crippen LogP contribution in [-0.4, -0.2) is 11.5 Å². The van der Waals surface area contributed by atoms with Crippen LogP contribution in [-0.2, 0) is 4.18 Å². The molecule has 0 bridgehead atoms. The summed E-state index contributed by atoms with van der Waals surface area (Å²) in [7, 11) is 0. The highest BCUT2D eigenvalue weighted by molar-refractivity contribution is 7.94. The Morgan fingerprint density at radius 2 is 1.73 bits per heavy atom. The fourth-order valence-electron chi connectivity index (χ4n) is 2.12. The van der Waals surface area contributed by atoms with Gasteiger partial charge >= 0.3 is 0 Å². The summed E-state index contributed by atoms with van der Waals surface area (Å²) < 4.78 is 5.47. The number of allylic oxidation sites excluding steroid dienone is 1. The van der Waals surface area contributed by atoms with Gasteiger partial charge in [-0.05, 0) is 25.3 Å². The van der Waals surface area contributed by atoms with Gasteiger partial charge in [-0.2, -0.15) is 0 Å². The minimum atomic E-state index is -0.377. The minimum Gasteiger partial charge on any atom is -0.310 e. The third-order valence-electron chi connectivity index (χ3n) is 3.35. The molecule has 0 saturated heterocycles. The number of nitro benzene ring substituents is 1. The lowest BCUT2D eigenvalue weighted by Gasteiger charge is -2.04. The van der Waals surface area contributed by atoms with Gasteiger partial charge in [-0.25, -0.2) is 0 Å². The van der Waals surface area contributed by atoms with Crippen LogP contribution in [0.2, 0.25) is 0 Å². The molecule has 22 heavy (non-hydrogen) atoms. The molecule has 0 radical (unpaired) electrons. The van der Waals surface area contributed by atoms with E-state index in [1.54, 1.807) is 18.2 Å². The summed E-state index contributed by atoms with van der Waals surface area (Å²) in [4.78, 5) is 11.0. The second-order valence-corrected chi connectivity index (χ2v) is 6.02. The zero-order valence-electron chi connectivity index (χ0n) is 13.0. The van der Waals surface area contributed by atoms with Gasteiger partial charge in [0.1, 0.15) is 4.90 Å². The zero-order valence-corrected chi connectivity index (χ0v) is 13.9. The van der Waals surface area contributed by atoms with E-state index < -0.39 is 0 Å². The summed E-state index contributed by atoms with van der Waals surface area (Å²) in [5, 5.41) is 10.9. The number of hydrogen-bond donors (Lipinski definition) is 0. The van der Waals surface area contributed by atoms with E-state index in [0.29, 0.717) is 11.5 Å². The largest absolute Gasteiger partial charge is 0.310 e. The van der Waals surface area contributed by atoms with Crippen LogP contribution in [0.1, 0.15) is 51.4 Å². The SMILES string of the molecule is C=CCCCCCCCCCOSc1ccccc1[N+](=O)[O-]. The number of nitro groups is 1. The molecule has 0 fully saturated rings. The molecule has 0 aliphatic carbocycles. The second-order valence-electron chi connectivity index (χ2n) is 5.18. The summed E-state index contributed by atoms with van der Waals surface area (Å²) >= 11 is 1.10. The third-order valence-corrected chi connectivity index (χ3v) is 4.16. The Kier molecular flexibility index (Phi) is 10.4. The molecule has 5 heteroatoms. The molecule has 1 rings (SSSR count). The lowest BCUT2D eigenvalue weighted by Crippen LogP contribution is -1.92. The lowest BCUT2D eigenvalue weighted by molar-refractivity contribution is -0.387. The smallest absolute Gasteiger partial charge is 0.285 e. The van der Waals surface area contributed by atoms with E-state index in [2.05, 4.69) is 6.58 Å². The summed E-state index contributed by atoms with van der Waals surface area (Å²) in [5.74, 6) is 0. The van der Waals surface area contributed by atoms with Crippen molar-refractivity contribution in [2.24, 2.45) is 0 Å². The maximum atomic E-state index is 10.9. The molecule has 0 aliphatic rings. The van der Waals surface area contributed by atoms with Gasteiger partial charge in [0.15, 0.2) is 0 Å². The number of nitrogens with zero attached hydrogens (tertiary/aromatic N) is 1. The normalized spacial score (nSPS) is 10.5. The molecule has 4 nitrogen and oxygen atoms in total. The minimum absolute atomic E-state index is 0.104. The molecule has 1 aromatic rings. The van der Waals surface area contributed by atoms with Gasteiger partial charge in [0.05, 0.1) is 11.5 Å². The molecule has 122 valence electrons. The first-order chi connectivity index (χ1) is 10.8. The molecule has 0 spiro atoms. The molecule has 0 aromatic heterocycles. The van der Waals surface area contributed by atoms with Gasteiger partial charge in [0.25, 0.3) is 5.69 Å². The Labute approximate surface area is 137 Å². The van der Waals surface area contributed by atoms with Gasteiger partial charge < -0.3 is 4.18 Å². The summed E-state index contributed by atoms with van der Waals surface area (Å²) in [6, 6.07) is 6.66. The molecule has 0 heterocycles. The van der Waals surface area contributed by atoms with E-state index in [4.69, 9.17) is 4.18 Å². The lowest BCUT2D eigenvalue weighted by atomic mass is 10.1. The van der Waals surface area contributed by atoms with Gasteiger partial charge in [0.2, 0.25) is 0 Å². The fourth-order valence-corrected chi connectivity index (χ4v) is 2.81. The Morgan fingerprint density at radius 3 is 2.41 bits per heavy atom. The van der Waals surface area contributed by atoms with Crippen LogP contribution in [0.25, 0.3) is 0 Å². The van der Waals surface area contributed by atoms with Gasteiger partial charge in [-0.15, -0.1) is 6.58 Å². The summed E-state index contributed by atoms with van der Waals surface area (Å²) in [6.45, 7) is 4.35. The van der Waals surface area contributed by atoms with Crippen LogP contribution in [0.15, 0.2) is 41.8 Å². The van der Waals surface area contributed by atoms with Crippen LogP contribution in [0.3, 0.4) is 0 Å². The standard InChI is InChI=1S/C17H25NO3S/c1-2-3-4-5-6-7-8-9-12-15-21-22-17-14-11-10-13-16(17)18(19)20/h2,10-11,13-14H,1,3-9,12,15H2. The molecule has 0 atom stereocenters. The van der Waals surface area contributed by atoms with E-state index >= 15 is 0 Å². The first-order valence-corrected chi connectivity index (χ1v) is 8.63. The molecular weight excluding hydrogens is 298 g/mol. The van der Waals surface area contributed by atoms with E-state index in [0.717, 1.165) is 31.3 Å². The van der Waals surface area contributed by atoms with E-state index in [1.807, 2.05) is 6.08 Å². The Bertz CT molecular complexity index is 451. The monoisotopic (exact) mass is 323 g/mol. The second kappa shape index (κ2) is 12.2. The molecule has 0 unspecified atom stereocenters. The van der Waals surface area contributed by atoms with E-state index in [9.17, 15) is 10.1 Å². The van der Waals surface area contributed by atoms with Crippen LogP contribution in [0.4, 0.5) is 5.69 Å². The van der Waals surface area contributed by atoms with Crippen LogP contribution in [0.5, 0.6) is 0 Å². The van der Waals surface area contributed by atoms with E-state index in [1.165, 1.54) is 38.2 Å². The van der Waals surface area contributed by atoms with Crippen molar-refractivity contribution >= 4 is 17.7 Å². The molecule has 0 aliphatic heterocycles.